The summed E-state index contributed by atoms with van der Waals surface area (Å²) in [5.74, 6) is -0.0656. The van der Waals surface area contributed by atoms with Gasteiger partial charge in [-0.25, -0.2) is 9.59 Å². The minimum Gasteiger partial charge on any atom is -0.494 e. The Bertz CT molecular complexity index is 921. The van der Waals surface area contributed by atoms with E-state index < -0.39 is 11.9 Å². The number of carbonyl (C=O) groups is 2. The predicted molar refractivity (Wildman–Crippen MR) is 125 cm³/mol. The summed E-state index contributed by atoms with van der Waals surface area (Å²) >= 11 is 6.27. The zero-order valence-electron chi connectivity index (χ0n) is 18.7. The Morgan fingerprint density at radius 1 is 0.938 bits per heavy atom. The van der Waals surface area contributed by atoms with E-state index in [0.29, 0.717) is 29.4 Å². The van der Waals surface area contributed by atoms with Crippen LogP contribution >= 0.6 is 11.6 Å². The smallest absolute Gasteiger partial charge is 0.346 e. The van der Waals surface area contributed by atoms with Gasteiger partial charge < -0.3 is 18.9 Å². The van der Waals surface area contributed by atoms with Gasteiger partial charge in [0.25, 0.3) is 0 Å². The molecule has 2 aromatic rings. The quantitative estimate of drug-likeness (QED) is 0.165. The van der Waals surface area contributed by atoms with Crippen LogP contribution in [0.15, 0.2) is 42.5 Å². The van der Waals surface area contributed by atoms with Gasteiger partial charge in [0, 0.05) is 6.08 Å². The second-order valence-electron chi connectivity index (χ2n) is 7.03. The molecule has 0 aromatic heterocycles. The average molecular weight is 461 g/mol. The largest absolute Gasteiger partial charge is 0.494 e. The Balaban J connectivity index is 1.88. The van der Waals surface area contributed by atoms with Gasteiger partial charge in [-0.3, -0.25) is 0 Å². The molecule has 0 fully saturated rings. The fourth-order valence-corrected chi connectivity index (χ4v) is 3.25. The van der Waals surface area contributed by atoms with E-state index in [-0.39, 0.29) is 10.6 Å². The van der Waals surface area contributed by atoms with E-state index >= 15 is 0 Å². The predicted octanol–water partition coefficient (Wildman–Crippen LogP) is 6.10. The van der Waals surface area contributed by atoms with Crippen LogP contribution in [-0.2, 0) is 9.53 Å². The van der Waals surface area contributed by atoms with E-state index in [0.717, 1.165) is 18.9 Å². The summed E-state index contributed by atoms with van der Waals surface area (Å²) in [6.45, 7) is 2.82. The van der Waals surface area contributed by atoms with Gasteiger partial charge in [-0.05, 0) is 54.5 Å². The van der Waals surface area contributed by atoms with Crippen LogP contribution in [0.25, 0.3) is 6.08 Å². The van der Waals surface area contributed by atoms with Gasteiger partial charge in [0.1, 0.15) is 5.75 Å². The first-order valence-corrected chi connectivity index (χ1v) is 11.0. The van der Waals surface area contributed by atoms with Crippen LogP contribution in [-0.4, -0.2) is 32.8 Å². The van der Waals surface area contributed by atoms with Gasteiger partial charge in [-0.2, -0.15) is 0 Å². The number of hydrogen-bond donors (Lipinski definition) is 0. The number of hydrogen-bond acceptors (Lipinski definition) is 6. The Morgan fingerprint density at radius 3 is 2.31 bits per heavy atom. The lowest BCUT2D eigenvalue weighted by Gasteiger charge is -2.10. The topological polar surface area (TPSA) is 71.1 Å². The number of benzene rings is 2. The maximum absolute atomic E-state index is 12.2. The van der Waals surface area contributed by atoms with Gasteiger partial charge in [0.15, 0.2) is 11.5 Å². The van der Waals surface area contributed by atoms with Crippen molar-refractivity contribution in [2.75, 3.05) is 20.8 Å². The molecule has 0 unspecified atom stereocenters. The van der Waals surface area contributed by atoms with Crippen molar-refractivity contribution in [3.05, 3.63) is 58.6 Å². The van der Waals surface area contributed by atoms with Crippen molar-refractivity contribution >= 4 is 29.6 Å². The fourth-order valence-electron chi connectivity index (χ4n) is 2.96. The minimum absolute atomic E-state index is 0.256. The van der Waals surface area contributed by atoms with Crippen molar-refractivity contribution in [2.24, 2.45) is 0 Å². The number of ether oxygens (including phenoxy) is 4. The number of unbranched alkanes of at least 4 members (excludes halogenated alkanes) is 4. The highest BCUT2D eigenvalue weighted by Crippen LogP contribution is 2.37. The number of halogens is 1. The highest BCUT2D eigenvalue weighted by Gasteiger charge is 2.14. The molecule has 32 heavy (non-hydrogen) atoms. The lowest BCUT2D eigenvalue weighted by atomic mass is 10.2. The zero-order valence-corrected chi connectivity index (χ0v) is 19.4. The molecule has 0 aliphatic carbocycles. The molecular formula is C25H29ClO6. The van der Waals surface area contributed by atoms with E-state index in [1.807, 2.05) is 0 Å². The number of esters is 2. The van der Waals surface area contributed by atoms with Crippen molar-refractivity contribution in [3.8, 4) is 17.2 Å². The van der Waals surface area contributed by atoms with E-state index in [4.69, 9.17) is 30.5 Å². The third kappa shape index (κ3) is 7.61. The molecule has 0 bridgehead atoms. The minimum atomic E-state index is -0.812. The van der Waals surface area contributed by atoms with Crippen molar-refractivity contribution in [2.45, 2.75) is 39.0 Å². The lowest BCUT2D eigenvalue weighted by molar-refractivity contribution is -0.132. The first kappa shape index (κ1) is 25.3. The van der Waals surface area contributed by atoms with E-state index in [2.05, 4.69) is 6.92 Å². The van der Waals surface area contributed by atoms with Gasteiger partial charge >= 0.3 is 11.9 Å². The molecule has 0 spiro atoms. The summed E-state index contributed by atoms with van der Waals surface area (Å²) < 4.78 is 20.9. The molecule has 0 amide bonds. The SMILES string of the molecule is CCCCCCCOc1ccc(C(=O)OC(=O)C=Cc2ccc(OC)c(OC)c2Cl)cc1. The van der Waals surface area contributed by atoms with Crippen LogP contribution in [0.4, 0.5) is 0 Å². The van der Waals surface area contributed by atoms with E-state index in [1.165, 1.54) is 39.6 Å². The van der Waals surface area contributed by atoms with Crippen LogP contribution in [0.1, 0.15) is 54.9 Å². The molecule has 6 nitrogen and oxygen atoms in total. The standard InChI is InChI=1S/C25H29ClO6/c1-4-5-6-7-8-17-31-20-13-9-19(10-14-20)25(28)32-22(27)16-12-18-11-15-21(29-2)24(30-3)23(18)26/h9-16H,4-8,17H2,1-3H3. The summed E-state index contributed by atoms with van der Waals surface area (Å²) in [5, 5.41) is 0.281. The summed E-state index contributed by atoms with van der Waals surface area (Å²) in [5.41, 5.74) is 0.774. The van der Waals surface area contributed by atoms with Crippen LogP contribution in [0.3, 0.4) is 0 Å². The first-order chi connectivity index (χ1) is 15.5. The first-order valence-electron chi connectivity index (χ1n) is 10.6. The molecule has 0 aliphatic heterocycles. The molecule has 2 rings (SSSR count). The summed E-state index contributed by atoms with van der Waals surface area (Å²) in [7, 11) is 2.97. The summed E-state index contributed by atoms with van der Waals surface area (Å²) in [6, 6.07) is 9.83. The Hall–Kier alpha value is -2.99. The molecule has 0 radical (unpaired) electrons. The summed E-state index contributed by atoms with van der Waals surface area (Å²) in [4.78, 5) is 24.3. The van der Waals surface area contributed by atoms with Gasteiger partial charge in [-0.1, -0.05) is 44.2 Å². The number of carbonyl (C=O) groups excluding carboxylic acids is 2. The lowest BCUT2D eigenvalue weighted by Crippen LogP contribution is -2.10. The second kappa shape index (κ2) is 13.4. The van der Waals surface area contributed by atoms with Crippen molar-refractivity contribution < 1.29 is 28.5 Å². The van der Waals surface area contributed by atoms with E-state index in [1.54, 1.807) is 36.4 Å². The maximum atomic E-state index is 12.2. The molecule has 2 aromatic carbocycles. The molecule has 0 heterocycles. The van der Waals surface area contributed by atoms with Crippen LogP contribution in [0.2, 0.25) is 5.02 Å². The number of methoxy groups -OCH3 is 2. The van der Waals surface area contributed by atoms with Gasteiger partial charge in [-0.15, -0.1) is 0 Å². The van der Waals surface area contributed by atoms with Gasteiger partial charge in [0.05, 0.1) is 31.4 Å². The Morgan fingerprint density at radius 2 is 1.66 bits per heavy atom. The van der Waals surface area contributed by atoms with Gasteiger partial charge in [0.2, 0.25) is 0 Å². The Kier molecular flexibility index (Phi) is 10.6. The molecule has 0 saturated heterocycles. The molecule has 7 heteroatoms. The number of rotatable bonds is 12. The molecule has 0 atom stereocenters. The van der Waals surface area contributed by atoms with Crippen LogP contribution in [0.5, 0.6) is 17.2 Å². The van der Waals surface area contributed by atoms with Crippen molar-refractivity contribution in [1.29, 1.82) is 0 Å². The highest BCUT2D eigenvalue weighted by molar-refractivity contribution is 6.33. The molecule has 0 saturated carbocycles. The fraction of sp³-hybridized carbons (Fsp3) is 0.360. The average Bonchev–Trinajstić information content (AvgIpc) is 2.80. The van der Waals surface area contributed by atoms with Crippen molar-refractivity contribution in [1.82, 2.24) is 0 Å². The van der Waals surface area contributed by atoms with Crippen LogP contribution in [0, 0.1) is 0 Å². The van der Waals surface area contributed by atoms with Crippen LogP contribution < -0.4 is 14.2 Å². The molecule has 172 valence electrons. The summed E-state index contributed by atoms with van der Waals surface area (Å²) in [6.07, 6.45) is 8.37. The Labute approximate surface area is 194 Å². The van der Waals surface area contributed by atoms with Crippen molar-refractivity contribution in [3.63, 3.8) is 0 Å². The molecule has 0 aliphatic rings. The monoisotopic (exact) mass is 460 g/mol. The highest BCUT2D eigenvalue weighted by atomic mass is 35.5. The maximum Gasteiger partial charge on any atom is 0.346 e. The zero-order chi connectivity index (χ0) is 23.3. The normalized spacial score (nSPS) is 10.8. The third-order valence-electron chi connectivity index (χ3n) is 4.71. The molecular weight excluding hydrogens is 432 g/mol. The third-order valence-corrected chi connectivity index (χ3v) is 5.10. The second-order valence-corrected chi connectivity index (χ2v) is 7.41. The van der Waals surface area contributed by atoms with E-state index in [9.17, 15) is 9.59 Å². The molecule has 0 N–H and O–H groups in total.